The van der Waals surface area contributed by atoms with Crippen molar-refractivity contribution < 1.29 is 19.4 Å². The molecule has 1 heterocycles. The first-order valence-electron chi connectivity index (χ1n) is 3.70. The zero-order valence-electron chi connectivity index (χ0n) is 6.45. The molecule has 0 spiro atoms. The Hall–Kier alpha value is -0.610. The summed E-state index contributed by atoms with van der Waals surface area (Å²) in [5.41, 5.74) is 0. The molecule has 0 aromatic heterocycles. The third-order valence-corrected chi connectivity index (χ3v) is 1.65. The number of rotatable bonds is 2. The lowest BCUT2D eigenvalue weighted by molar-refractivity contribution is -0.207. The lowest BCUT2D eigenvalue weighted by Gasteiger charge is -2.26. The highest BCUT2D eigenvalue weighted by molar-refractivity contribution is 5.70. The smallest absolute Gasteiger partial charge is 0.311 e. The van der Waals surface area contributed by atoms with Crippen LogP contribution >= 0.6 is 0 Å². The van der Waals surface area contributed by atoms with Crippen LogP contribution < -0.4 is 0 Å². The monoisotopic (exact) mass is 160 g/mol. The fourth-order valence-electron chi connectivity index (χ4n) is 0.921. The lowest BCUT2D eigenvalue weighted by Crippen LogP contribution is -2.35. The van der Waals surface area contributed by atoms with Gasteiger partial charge in [-0.05, 0) is 6.42 Å². The summed E-state index contributed by atoms with van der Waals surface area (Å²) in [6.07, 6.45) is 0.567. The van der Waals surface area contributed by atoms with Crippen LogP contribution in [0, 0.1) is 5.92 Å². The molecule has 1 saturated heterocycles. The van der Waals surface area contributed by atoms with E-state index in [-0.39, 0.29) is 19.5 Å². The second kappa shape index (κ2) is 3.69. The van der Waals surface area contributed by atoms with E-state index >= 15 is 0 Å². The van der Waals surface area contributed by atoms with Crippen LogP contribution in [0.2, 0.25) is 0 Å². The van der Waals surface area contributed by atoms with E-state index in [0.29, 0.717) is 0 Å². The van der Waals surface area contributed by atoms with E-state index in [0.717, 1.165) is 6.42 Å². The van der Waals surface area contributed by atoms with Crippen LogP contribution in [0.4, 0.5) is 0 Å². The van der Waals surface area contributed by atoms with Crippen LogP contribution in [0.5, 0.6) is 0 Å². The number of aliphatic carboxylic acids is 1. The van der Waals surface area contributed by atoms with Gasteiger partial charge in [0.05, 0.1) is 13.2 Å². The van der Waals surface area contributed by atoms with Gasteiger partial charge in [-0.2, -0.15) is 0 Å². The molecule has 0 aliphatic carbocycles. The third kappa shape index (κ3) is 2.17. The van der Waals surface area contributed by atoms with Gasteiger partial charge in [-0.3, -0.25) is 4.79 Å². The Morgan fingerprint density at radius 3 is 2.45 bits per heavy atom. The van der Waals surface area contributed by atoms with Crippen molar-refractivity contribution in [2.24, 2.45) is 5.92 Å². The highest BCUT2D eigenvalue weighted by Crippen LogP contribution is 2.12. The van der Waals surface area contributed by atoms with Gasteiger partial charge in [0.25, 0.3) is 0 Å². The average molecular weight is 160 g/mol. The summed E-state index contributed by atoms with van der Waals surface area (Å²) in [5, 5.41) is 8.54. The topological polar surface area (TPSA) is 55.8 Å². The van der Waals surface area contributed by atoms with Crippen LogP contribution in [-0.2, 0) is 14.3 Å². The highest BCUT2D eigenvalue weighted by Gasteiger charge is 2.25. The predicted molar refractivity (Wildman–Crippen MR) is 37.1 cm³/mol. The molecule has 1 N–H and O–H groups in total. The van der Waals surface area contributed by atoms with Gasteiger partial charge in [-0.1, -0.05) is 6.92 Å². The van der Waals surface area contributed by atoms with Gasteiger partial charge in [-0.25, -0.2) is 0 Å². The Labute approximate surface area is 65.1 Å². The molecular formula is C7H12O4. The van der Waals surface area contributed by atoms with E-state index in [1.54, 1.807) is 0 Å². The summed E-state index contributed by atoms with van der Waals surface area (Å²) < 4.78 is 10.2. The van der Waals surface area contributed by atoms with Crippen molar-refractivity contribution >= 4 is 5.97 Å². The number of hydrogen-bond acceptors (Lipinski definition) is 3. The van der Waals surface area contributed by atoms with Gasteiger partial charge in [0.15, 0.2) is 6.29 Å². The largest absolute Gasteiger partial charge is 0.481 e. The zero-order valence-corrected chi connectivity index (χ0v) is 6.45. The minimum absolute atomic E-state index is 0.203. The molecular weight excluding hydrogens is 148 g/mol. The minimum atomic E-state index is -0.848. The van der Waals surface area contributed by atoms with Crippen molar-refractivity contribution in [3.8, 4) is 0 Å². The number of carboxylic acid groups (broad SMARTS) is 1. The predicted octanol–water partition coefficient (Wildman–Crippen LogP) is 0.470. The van der Waals surface area contributed by atoms with E-state index in [2.05, 4.69) is 0 Å². The first kappa shape index (κ1) is 8.49. The van der Waals surface area contributed by atoms with Crippen molar-refractivity contribution in [3.05, 3.63) is 0 Å². The third-order valence-electron chi connectivity index (χ3n) is 1.65. The van der Waals surface area contributed by atoms with Gasteiger partial charge in [-0.15, -0.1) is 0 Å². The van der Waals surface area contributed by atoms with Gasteiger partial charge in [0.1, 0.15) is 5.92 Å². The Balaban J connectivity index is 2.30. The normalized spacial score (nSPS) is 31.7. The number of hydrogen-bond donors (Lipinski definition) is 1. The quantitative estimate of drug-likeness (QED) is 0.638. The Morgan fingerprint density at radius 1 is 1.55 bits per heavy atom. The summed E-state index contributed by atoms with van der Waals surface area (Å²) in [6, 6.07) is 0. The maximum absolute atomic E-state index is 10.4. The molecule has 0 amide bonds. The summed E-state index contributed by atoms with van der Waals surface area (Å²) in [6.45, 7) is 2.48. The van der Waals surface area contributed by atoms with Gasteiger partial charge in [0.2, 0.25) is 0 Å². The molecule has 0 aromatic rings. The second-order valence-corrected chi connectivity index (χ2v) is 2.54. The van der Waals surface area contributed by atoms with Crippen LogP contribution in [0.3, 0.4) is 0 Å². The Kier molecular flexibility index (Phi) is 2.84. The first-order chi connectivity index (χ1) is 5.24. The molecule has 4 heteroatoms. The van der Waals surface area contributed by atoms with E-state index in [1.807, 2.05) is 6.92 Å². The van der Waals surface area contributed by atoms with E-state index in [1.165, 1.54) is 0 Å². The fraction of sp³-hybridized carbons (Fsp3) is 0.857. The summed E-state index contributed by atoms with van der Waals surface area (Å²) in [5.74, 6) is -1.34. The number of ether oxygens (including phenoxy) is 2. The zero-order chi connectivity index (χ0) is 8.27. The summed E-state index contributed by atoms with van der Waals surface area (Å²) in [4.78, 5) is 10.4. The summed E-state index contributed by atoms with van der Waals surface area (Å²) >= 11 is 0. The van der Waals surface area contributed by atoms with Crippen molar-refractivity contribution in [2.75, 3.05) is 13.2 Å². The molecule has 1 fully saturated rings. The molecule has 64 valence electrons. The lowest BCUT2D eigenvalue weighted by atomic mass is 10.2. The van der Waals surface area contributed by atoms with Crippen molar-refractivity contribution in [3.63, 3.8) is 0 Å². The molecule has 0 unspecified atom stereocenters. The van der Waals surface area contributed by atoms with Crippen molar-refractivity contribution in [1.82, 2.24) is 0 Å². The molecule has 1 aliphatic heterocycles. The van der Waals surface area contributed by atoms with Crippen LogP contribution in [0.15, 0.2) is 0 Å². The van der Waals surface area contributed by atoms with E-state index in [9.17, 15) is 4.79 Å². The maximum atomic E-state index is 10.4. The first-order valence-corrected chi connectivity index (χ1v) is 3.70. The molecule has 11 heavy (non-hydrogen) atoms. The van der Waals surface area contributed by atoms with Gasteiger partial charge in [0, 0.05) is 0 Å². The van der Waals surface area contributed by atoms with E-state index in [4.69, 9.17) is 14.6 Å². The Bertz CT molecular complexity index is 137. The molecule has 0 atom stereocenters. The molecule has 1 rings (SSSR count). The fourth-order valence-corrected chi connectivity index (χ4v) is 0.921. The van der Waals surface area contributed by atoms with Gasteiger partial charge < -0.3 is 14.6 Å². The molecule has 0 bridgehead atoms. The minimum Gasteiger partial charge on any atom is -0.481 e. The van der Waals surface area contributed by atoms with Crippen LogP contribution in [0.1, 0.15) is 13.3 Å². The summed E-state index contributed by atoms with van der Waals surface area (Å²) in [7, 11) is 0. The van der Waals surface area contributed by atoms with Crippen LogP contribution in [-0.4, -0.2) is 30.6 Å². The Morgan fingerprint density at radius 2 is 2.09 bits per heavy atom. The molecule has 0 aromatic carbocycles. The molecule has 1 aliphatic rings. The standard InChI is InChI=1S/C7H12O4/c1-2-6-10-3-5(4-11-6)7(8)9/h5-6H,2-4H2,1H3,(H,8,9). The van der Waals surface area contributed by atoms with Crippen molar-refractivity contribution in [2.45, 2.75) is 19.6 Å². The highest BCUT2D eigenvalue weighted by atomic mass is 16.7. The SMILES string of the molecule is CCC1OCC(C(=O)O)CO1. The molecule has 0 saturated carbocycles. The van der Waals surface area contributed by atoms with Crippen LogP contribution in [0.25, 0.3) is 0 Å². The molecule has 0 radical (unpaired) electrons. The second-order valence-electron chi connectivity index (χ2n) is 2.54. The van der Waals surface area contributed by atoms with Crippen molar-refractivity contribution in [1.29, 1.82) is 0 Å². The molecule has 4 nitrogen and oxygen atoms in total. The number of carboxylic acids is 1. The van der Waals surface area contributed by atoms with E-state index < -0.39 is 11.9 Å². The van der Waals surface area contributed by atoms with Gasteiger partial charge >= 0.3 is 5.97 Å². The maximum Gasteiger partial charge on any atom is 0.311 e. The average Bonchev–Trinajstić information content (AvgIpc) is 2.05. The number of carbonyl (C=O) groups is 1.